The van der Waals surface area contributed by atoms with Crippen LogP contribution in [0.3, 0.4) is 0 Å². The normalized spacial score (nSPS) is 11.9. The Kier molecular flexibility index (Phi) is 12.0. The van der Waals surface area contributed by atoms with Gasteiger partial charge in [-0.15, -0.1) is 0 Å². The fourth-order valence-corrected chi connectivity index (χ4v) is 6.83. The number of anilines is 1. The summed E-state index contributed by atoms with van der Waals surface area (Å²) in [6, 6.07) is 30.4. The third-order valence-corrected chi connectivity index (χ3v) is 9.57. The maximum atomic E-state index is 14.4. The van der Waals surface area contributed by atoms with E-state index in [9.17, 15) is 18.0 Å². The number of amides is 2. The molecule has 0 unspecified atom stereocenters. The summed E-state index contributed by atoms with van der Waals surface area (Å²) >= 11 is 9.77. The van der Waals surface area contributed by atoms with E-state index >= 15 is 0 Å². The number of halogens is 2. The van der Waals surface area contributed by atoms with Gasteiger partial charge in [0, 0.05) is 29.0 Å². The summed E-state index contributed by atoms with van der Waals surface area (Å²) in [4.78, 5) is 29.7. The van der Waals surface area contributed by atoms with E-state index in [1.54, 1.807) is 36.4 Å². The van der Waals surface area contributed by atoms with E-state index in [-0.39, 0.29) is 29.5 Å². The van der Waals surface area contributed by atoms with Crippen molar-refractivity contribution in [2.75, 3.05) is 17.4 Å². The van der Waals surface area contributed by atoms with Gasteiger partial charge in [0.25, 0.3) is 10.0 Å². The molecule has 0 saturated heterocycles. The third-order valence-electron chi connectivity index (χ3n) is 7.05. The van der Waals surface area contributed by atoms with Gasteiger partial charge in [-0.2, -0.15) is 0 Å². The first-order valence-electron chi connectivity index (χ1n) is 14.4. The van der Waals surface area contributed by atoms with Gasteiger partial charge >= 0.3 is 0 Å². The number of carbonyl (C=O) groups excluding carboxylic acids is 2. The third kappa shape index (κ3) is 8.94. The van der Waals surface area contributed by atoms with Crippen molar-refractivity contribution in [3.8, 4) is 0 Å². The van der Waals surface area contributed by atoms with Crippen LogP contribution in [0.15, 0.2) is 119 Å². The largest absolute Gasteiger partial charge is 0.354 e. The molecule has 0 aliphatic carbocycles. The molecule has 0 spiro atoms. The van der Waals surface area contributed by atoms with Crippen LogP contribution < -0.4 is 9.62 Å². The minimum Gasteiger partial charge on any atom is -0.354 e. The number of carbonyl (C=O) groups is 2. The van der Waals surface area contributed by atoms with E-state index in [1.165, 1.54) is 23.1 Å². The SMILES string of the molecule is CCCCNC(=O)[C@@H](Cc1ccccc1)N(Cc1cccc(Br)c1)C(=O)CN(c1cccc(Cl)c1)S(=O)(=O)c1ccccc1. The number of nitrogens with zero attached hydrogens (tertiary/aromatic N) is 2. The monoisotopic (exact) mass is 695 g/mol. The summed E-state index contributed by atoms with van der Waals surface area (Å²) in [7, 11) is -4.18. The fourth-order valence-electron chi connectivity index (χ4n) is 4.77. The molecule has 2 amide bonds. The molecule has 1 N–H and O–H groups in total. The van der Waals surface area contributed by atoms with Gasteiger partial charge in [-0.05, 0) is 60.0 Å². The minimum atomic E-state index is -4.18. The first-order valence-corrected chi connectivity index (χ1v) is 17.0. The summed E-state index contributed by atoms with van der Waals surface area (Å²) in [5.74, 6) is -0.832. The van der Waals surface area contributed by atoms with Gasteiger partial charge in [0.15, 0.2) is 0 Å². The Morgan fingerprint density at radius 1 is 0.864 bits per heavy atom. The number of benzene rings is 4. The first kappa shape index (κ1) is 33.2. The number of rotatable bonds is 14. The highest BCUT2D eigenvalue weighted by Crippen LogP contribution is 2.27. The minimum absolute atomic E-state index is 0.0319. The molecule has 0 bridgehead atoms. The Morgan fingerprint density at radius 2 is 1.52 bits per heavy atom. The molecule has 0 aliphatic heterocycles. The number of hydrogen-bond donors (Lipinski definition) is 1. The van der Waals surface area contributed by atoms with Crippen LogP contribution in [-0.2, 0) is 32.6 Å². The van der Waals surface area contributed by atoms with Crippen molar-refractivity contribution in [1.82, 2.24) is 10.2 Å². The van der Waals surface area contributed by atoms with Crippen molar-refractivity contribution >= 4 is 55.1 Å². The lowest BCUT2D eigenvalue weighted by molar-refractivity contribution is -0.140. The molecule has 10 heteroatoms. The lowest BCUT2D eigenvalue weighted by atomic mass is 10.0. The van der Waals surface area contributed by atoms with Gasteiger partial charge in [-0.3, -0.25) is 13.9 Å². The molecule has 0 radical (unpaired) electrons. The second kappa shape index (κ2) is 15.9. The van der Waals surface area contributed by atoms with Crippen molar-refractivity contribution in [3.63, 3.8) is 0 Å². The van der Waals surface area contributed by atoms with E-state index in [0.717, 1.165) is 32.7 Å². The Balaban J connectivity index is 1.78. The number of nitrogens with one attached hydrogen (secondary N) is 1. The summed E-state index contributed by atoms with van der Waals surface area (Å²) in [5.41, 5.74) is 1.90. The molecular formula is C34H35BrClN3O4S. The second-order valence-corrected chi connectivity index (χ2v) is 13.5. The molecule has 0 heterocycles. The average Bonchev–Trinajstić information content (AvgIpc) is 3.02. The predicted octanol–water partition coefficient (Wildman–Crippen LogP) is 6.85. The van der Waals surface area contributed by atoms with Gasteiger partial charge in [-0.1, -0.05) is 108 Å². The summed E-state index contributed by atoms with van der Waals surface area (Å²) in [5, 5.41) is 3.32. The zero-order valence-electron chi connectivity index (χ0n) is 24.4. The highest BCUT2D eigenvalue weighted by Gasteiger charge is 2.34. The van der Waals surface area contributed by atoms with Crippen LogP contribution in [-0.4, -0.2) is 44.3 Å². The predicted molar refractivity (Wildman–Crippen MR) is 179 cm³/mol. The molecule has 1 atom stereocenters. The summed E-state index contributed by atoms with van der Waals surface area (Å²) < 4.78 is 29.9. The Morgan fingerprint density at radius 3 is 2.18 bits per heavy atom. The molecule has 0 saturated carbocycles. The highest BCUT2D eigenvalue weighted by molar-refractivity contribution is 9.10. The summed E-state index contributed by atoms with van der Waals surface area (Å²) in [6.45, 7) is 2.05. The number of hydrogen-bond acceptors (Lipinski definition) is 4. The van der Waals surface area contributed by atoms with Crippen LogP contribution in [0.4, 0.5) is 5.69 Å². The summed E-state index contributed by atoms with van der Waals surface area (Å²) in [6.07, 6.45) is 1.94. The van der Waals surface area contributed by atoms with Crippen molar-refractivity contribution in [2.24, 2.45) is 0 Å². The molecule has 44 heavy (non-hydrogen) atoms. The molecule has 4 aromatic rings. The highest BCUT2D eigenvalue weighted by atomic mass is 79.9. The maximum absolute atomic E-state index is 14.4. The Labute approximate surface area is 273 Å². The van der Waals surface area contributed by atoms with Crippen LogP contribution in [0.25, 0.3) is 0 Å². The first-order chi connectivity index (χ1) is 21.2. The Bertz CT molecular complexity index is 1660. The van der Waals surface area contributed by atoms with Gasteiger partial charge < -0.3 is 10.2 Å². The van der Waals surface area contributed by atoms with Gasteiger partial charge in [0.1, 0.15) is 12.6 Å². The smallest absolute Gasteiger partial charge is 0.264 e. The zero-order chi connectivity index (χ0) is 31.5. The molecular weight excluding hydrogens is 662 g/mol. The van der Waals surface area contributed by atoms with Crippen LogP contribution in [0.2, 0.25) is 5.02 Å². The molecule has 0 aromatic heterocycles. The van der Waals surface area contributed by atoms with Crippen molar-refractivity contribution < 1.29 is 18.0 Å². The van der Waals surface area contributed by atoms with E-state index in [2.05, 4.69) is 21.2 Å². The topological polar surface area (TPSA) is 86.8 Å². The number of sulfonamides is 1. The number of unbranched alkanes of at least 4 members (excludes halogenated alkanes) is 1. The van der Waals surface area contributed by atoms with Crippen LogP contribution in [0, 0.1) is 0 Å². The standard InChI is InChI=1S/C34H35BrClN3O4S/c1-2-3-20-37-34(41)32(22-26-12-6-4-7-13-26)38(24-27-14-10-15-28(35)21-27)33(40)25-39(30-17-11-16-29(36)23-30)44(42,43)31-18-8-5-9-19-31/h4-19,21,23,32H,2-3,20,22,24-25H2,1H3,(H,37,41)/t32-/m1/s1. The van der Waals surface area contributed by atoms with Crippen LogP contribution in [0.1, 0.15) is 30.9 Å². The van der Waals surface area contributed by atoms with Crippen molar-refractivity contribution in [1.29, 1.82) is 0 Å². The zero-order valence-corrected chi connectivity index (χ0v) is 27.6. The molecule has 4 rings (SSSR count). The lowest BCUT2D eigenvalue weighted by Gasteiger charge is -2.34. The van der Waals surface area contributed by atoms with Gasteiger partial charge in [-0.25, -0.2) is 8.42 Å². The van der Waals surface area contributed by atoms with Crippen molar-refractivity contribution in [3.05, 3.63) is 130 Å². The van der Waals surface area contributed by atoms with Crippen molar-refractivity contribution in [2.45, 2.75) is 43.7 Å². The molecule has 0 aliphatic rings. The van der Waals surface area contributed by atoms with E-state index in [4.69, 9.17) is 11.6 Å². The van der Waals surface area contributed by atoms with Gasteiger partial charge in [0.2, 0.25) is 11.8 Å². The van der Waals surface area contributed by atoms with E-state index in [1.807, 2.05) is 61.5 Å². The second-order valence-electron chi connectivity index (χ2n) is 10.3. The van der Waals surface area contributed by atoms with Crippen LogP contribution in [0.5, 0.6) is 0 Å². The molecule has 4 aromatic carbocycles. The van der Waals surface area contributed by atoms with Crippen LogP contribution >= 0.6 is 27.5 Å². The van der Waals surface area contributed by atoms with E-state index < -0.39 is 28.5 Å². The Hall–Kier alpha value is -3.66. The quantitative estimate of drug-likeness (QED) is 0.146. The molecule has 7 nitrogen and oxygen atoms in total. The van der Waals surface area contributed by atoms with E-state index in [0.29, 0.717) is 11.6 Å². The molecule has 230 valence electrons. The maximum Gasteiger partial charge on any atom is 0.264 e. The van der Waals surface area contributed by atoms with Gasteiger partial charge in [0.05, 0.1) is 10.6 Å². The molecule has 0 fully saturated rings. The fraction of sp³-hybridized carbons (Fsp3) is 0.235. The lowest BCUT2D eigenvalue weighted by Crippen LogP contribution is -2.53. The average molecular weight is 697 g/mol.